The predicted octanol–water partition coefficient (Wildman–Crippen LogP) is 8.60. The second-order valence-electron chi connectivity index (χ2n) is 13.9. The molecule has 4 aromatic carbocycles. The molecule has 7 heteroatoms. The van der Waals surface area contributed by atoms with E-state index in [9.17, 15) is 9.59 Å². The number of carbonyl (C=O) groups excluding carboxylic acids is 2. The lowest BCUT2D eigenvalue weighted by Crippen LogP contribution is -2.48. The number of anilines is 2. The molecular formula is C46H49N5O2. The molecule has 2 amide bonds. The van der Waals surface area contributed by atoms with Gasteiger partial charge in [-0.3, -0.25) is 19.5 Å². The van der Waals surface area contributed by atoms with Gasteiger partial charge in [0.15, 0.2) is 0 Å². The number of nitrogens with one attached hydrogen (secondary N) is 2. The Morgan fingerprint density at radius 2 is 1.43 bits per heavy atom. The number of hydrogen-bond donors (Lipinski definition) is 2. The highest BCUT2D eigenvalue weighted by Crippen LogP contribution is 2.23. The molecule has 0 bridgehead atoms. The van der Waals surface area contributed by atoms with Gasteiger partial charge in [-0.1, -0.05) is 96.6 Å². The molecule has 2 N–H and O–H groups in total. The summed E-state index contributed by atoms with van der Waals surface area (Å²) in [6.07, 6.45) is 7.12. The van der Waals surface area contributed by atoms with Gasteiger partial charge in [-0.05, 0) is 86.0 Å². The largest absolute Gasteiger partial charge is 0.369 e. The third-order valence-electron chi connectivity index (χ3n) is 9.62. The minimum atomic E-state index is -0.140. The summed E-state index contributed by atoms with van der Waals surface area (Å²) >= 11 is 0. The first-order valence-electron chi connectivity index (χ1n) is 18.5. The van der Waals surface area contributed by atoms with Crippen molar-refractivity contribution in [1.29, 1.82) is 0 Å². The van der Waals surface area contributed by atoms with E-state index in [1.165, 1.54) is 5.69 Å². The van der Waals surface area contributed by atoms with Crippen molar-refractivity contribution in [1.82, 2.24) is 15.2 Å². The molecule has 0 atom stereocenters. The maximum absolute atomic E-state index is 13.0. The Labute approximate surface area is 314 Å². The van der Waals surface area contributed by atoms with E-state index in [1.807, 2.05) is 104 Å². The van der Waals surface area contributed by atoms with Crippen LogP contribution >= 0.6 is 0 Å². The molecule has 5 aromatic rings. The molecule has 0 aliphatic carbocycles. The SMILES string of the molecule is CC(=CC=CCc1cccc(-c2ccc(C(=O)Nc3ccc(N4CCN(C(C)C)CC4)cc3)cc2)n1)CNC(=O)Cc1ccc(-c2ccccc2)cc1. The molecule has 1 aliphatic rings. The molecule has 0 saturated carbocycles. The van der Waals surface area contributed by atoms with Crippen molar-refractivity contribution in [2.75, 3.05) is 42.9 Å². The molecule has 270 valence electrons. The van der Waals surface area contributed by atoms with Crippen LogP contribution in [0.1, 0.15) is 42.4 Å². The van der Waals surface area contributed by atoms with Crippen molar-refractivity contribution in [2.45, 2.75) is 39.7 Å². The number of amides is 2. The number of carbonyl (C=O) groups is 2. The number of hydrogen-bond acceptors (Lipinski definition) is 5. The number of benzene rings is 4. The van der Waals surface area contributed by atoms with Crippen molar-refractivity contribution in [3.8, 4) is 22.4 Å². The van der Waals surface area contributed by atoms with Gasteiger partial charge < -0.3 is 15.5 Å². The number of pyridine rings is 1. The Hall–Kier alpha value is -5.79. The van der Waals surface area contributed by atoms with Crippen LogP contribution in [0.15, 0.2) is 145 Å². The molecule has 53 heavy (non-hydrogen) atoms. The minimum Gasteiger partial charge on any atom is -0.369 e. The highest BCUT2D eigenvalue weighted by atomic mass is 16.2. The zero-order chi connectivity index (χ0) is 37.0. The number of piperazine rings is 1. The van der Waals surface area contributed by atoms with E-state index in [2.05, 4.69) is 76.8 Å². The Bertz CT molecular complexity index is 2010. The minimum absolute atomic E-state index is 0.000379. The van der Waals surface area contributed by atoms with Gasteiger partial charge in [-0.25, -0.2) is 0 Å². The van der Waals surface area contributed by atoms with Crippen LogP contribution in [0.5, 0.6) is 0 Å². The summed E-state index contributed by atoms with van der Waals surface area (Å²) in [5, 5.41) is 6.05. The fourth-order valence-electron chi connectivity index (χ4n) is 6.41. The Morgan fingerprint density at radius 3 is 2.13 bits per heavy atom. The first-order chi connectivity index (χ1) is 25.8. The number of aromatic nitrogens is 1. The topological polar surface area (TPSA) is 77.6 Å². The van der Waals surface area contributed by atoms with Crippen LogP contribution in [-0.2, 0) is 17.6 Å². The van der Waals surface area contributed by atoms with E-state index in [0.717, 1.165) is 71.1 Å². The van der Waals surface area contributed by atoms with Gasteiger partial charge in [0.1, 0.15) is 0 Å². The quantitative estimate of drug-likeness (QED) is 0.120. The van der Waals surface area contributed by atoms with Gasteiger partial charge in [0.2, 0.25) is 5.91 Å². The van der Waals surface area contributed by atoms with Gasteiger partial charge >= 0.3 is 0 Å². The van der Waals surface area contributed by atoms with E-state index in [0.29, 0.717) is 31.0 Å². The third kappa shape index (κ3) is 10.6. The molecule has 7 nitrogen and oxygen atoms in total. The zero-order valence-electron chi connectivity index (χ0n) is 31.0. The summed E-state index contributed by atoms with van der Waals surface area (Å²) in [4.78, 5) is 35.3. The molecule has 6 rings (SSSR count). The van der Waals surface area contributed by atoms with Crippen molar-refractivity contribution < 1.29 is 9.59 Å². The van der Waals surface area contributed by atoms with Crippen molar-refractivity contribution in [2.24, 2.45) is 0 Å². The van der Waals surface area contributed by atoms with E-state index in [1.54, 1.807) is 0 Å². The molecule has 1 fully saturated rings. The van der Waals surface area contributed by atoms with Crippen LogP contribution in [0.2, 0.25) is 0 Å². The number of rotatable bonds is 13. The van der Waals surface area contributed by atoms with Gasteiger partial charge in [0.05, 0.1) is 12.1 Å². The number of allylic oxidation sites excluding steroid dienone is 3. The van der Waals surface area contributed by atoms with Crippen LogP contribution in [0.25, 0.3) is 22.4 Å². The number of nitrogens with zero attached hydrogens (tertiary/aromatic N) is 3. The average Bonchev–Trinajstić information content (AvgIpc) is 3.20. The van der Waals surface area contributed by atoms with E-state index < -0.39 is 0 Å². The summed E-state index contributed by atoms with van der Waals surface area (Å²) in [6, 6.07) is 40.6. The van der Waals surface area contributed by atoms with Gasteiger partial charge in [-0.15, -0.1) is 0 Å². The predicted molar refractivity (Wildman–Crippen MR) is 218 cm³/mol. The fourth-order valence-corrected chi connectivity index (χ4v) is 6.41. The van der Waals surface area contributed by atoms with E-state index in [4.69, 9.17) is 4.98 Å². The molecule has 0 unspecified atom stereocenters. The van der Waals surface area contributed by atoms with Crippen LogP contribution in [0.3, 0.4) is 0 Å². The maximum atomic E-state index is 13.0. The zero-order valence-corrected chi connectivity index (χ0v) is 31.0. The van der Waals surface area contributed by atoms with Crippen LogP contribution < -0.4 is 15.5 Å². The van der Waals surface area contributed by atoms with E-state index in [-0.39, 0.29) is 11.8 Å². The summed E-state index contributed by atoms with van der Waals surface area (Å²) in [6.45, 7) is 11.2. The highest BCUT2D eigenvalue weighted by molar-refractivity contribution is 6.04. The lowest BCUT2D eigenvalue weighted by atomic mass is 10.0. The summed E-state index contributed by atoms with van der Waals surface area (Å²) in [5.41, 5.74) is 9.67. The van der Waals surface area contributed by atoms with Gasteiger partial charge in [-0.2, -0.15) is 0 Å². The Morgan fingerprint density at radius 1 is 0.755 bits per heavy atom. The second-order valence-corrected chi connectivity index (χ2v) is 13.9. The van der Waals surface area contributed by atoms with Gasteiger partial charge in [0, 0.05) is 73.4 Å². The highest BCUT2D eigenvalue weighted by Gasteiger charge is 2.19. The fraction of sp³-hybridized carbons (Fsp3) is 0.239. The van der Waals surface area contributed by atoms with E-state index >= 15 is 0 Å². The summed E-state index contributed by atoms with van der Waals surface area (Å²) in [7, 11) is 0. The average molecular weight is 704 g/mol. The molecule has 0 spiro atoms. The third-order valence-corrected chi connectivity index (χ3v) is 9.62. The second kappa shape index (κ2) is 18.1. The first-order valence-corrected chi connectivity index (χ1v) is 18.5. The van der Waals surface area contributed by atoms with Gasteiger partial charge in [0.25, 0.3) is 5.91 Å². The molecule has 0 radical (unpaired) electrons. The monoisotopic (exact) mass is 703 g/mol. The Kier molecular flexibility index (Phi) is 12.6. The first kappa shape index (κ1) is 37.0. The van der Waals surface area contributed by atoms with Crippen LogP contribution in [-0.4, -0.2) is 60.5 Å². The lowest BCUT2D eigenvalue weighted by Gasteiger charge is -2.38. The standard InChI is InChI=1S/C46H49N5O2/c1-34(2)50-28-30-51(31-29-50)43-26-24-42(25-27-43)49-46(53)40-22-20-39(21-23-40)44-15-9-14-41(48-44)13-8-7-10-35(3)33-47-45(52)32-36-16-18-38(19-17-36)37-11-5-4-6-12-37/h4-12,14-27,34H,13,28-33H2,1-3H3,(H,47,52)(H,49,53). The molecular weight excluding hydrogens is 655 g/mol. The van der Waals surface area contributed by atoms with Crippen LogP contribution in [0.4, 0.5) is 11.4 Å². The summed E-state index contributed by atoms with van der Waals surface area (Å²) < 4.78 is 0. The summed E-state index contributed by atoms with van der Waals surface area (Å²) in [5.74, 6) is -0.140. The van der Waals surface area contributed by atoms with Crippen molar-refractivity contribution >= 4 is 23.2 Å². The molecule has 2 heterocycles. The molecule has 1 aromatic heterocycles. The smallest absolute Gasteiger partial charge is 0.255 e. The van der Waals surface area contributed by atoms with Crippen molar-refractivity contribution in [3.63, 3.8) is 0 Å². The van der Waals surface area contributed by atoms with Crippen molar-refractivity contribution in [3.05, 3.63) is 162 Å². The molecule has 1 saturated heterocycles. The maximum Gasteiger partial charge on any atom is 0.255 e. The Balaban J connectivity index is 0.939. The molecule has 1 aliphatic heterocycles. The van der Waals surface area contributed by atoms with Crippen LogP contribution in [0, 0.1) is 0 Å². The normalized spacial score (nSPS) is 13.7. The lowest BCUT2D eigenvalue weighted by molar-refractivity contribution is -0.120.